The van der Waals surface area contributed by atoms with Gasteiger partial charge in [0.15, 0.2) is 0 Å². The molecule has 0 atom stereocenters. The van der Waals surface area contributed by atoms with Crippen LogP contribution >= 0.6 is 11.3 Å². The number of nitrogens with one attached hydrogen (secondary N) is 1. The van der Waals surface area contributed by atoms with E-state index in [2.05, 4.69) is 36.3 Å². The van der Waals surface area contributed by atoms with Crippen molar-refractivity contribution >= 4 is 11.3 Å². The molecule has 0 saturated carbocycles. The highest BCUT2D eigenvalue weighted by molar-refractivity contribution is 7.11. The topological polar surface area (TPSA) is 34.1 Å². The quantitative estimate of drug-likeness (QED) is 0.842. The van der Waals surface area contributed by atoms with Gasteiger partial charge < -0.3 is 10.1 Å². The predicted octanol–water partition coefficient (Wildman–Crippen LogP) is 3.78. The van der Waals surface area contributed by atoms with Crippen LogP contribution in [0.5, 0.6) is 5.75 Å². The zero-order valence-corrected chi connectivity index (χ0v) is 13.2. The molecule has 0 aliphatic carbocycles. The van der Waals surface area contributed by atoms with E-state index in [1.165, 1.54) is 5.56 Å². The Morgan fingerprint density at radius 3 is 2.60 bits per heavy atom. The van der Waals surface area contributed by atoms with Gasteiger partial charge in [0.25, 0.3) is 0 Å². The monoisotopic (exact) mass is 290 g/mol. The van der Waals surface area contributed by atoms with Gasteiger partial charge in [0.05, 0.1) is 9.88 Å². The fourth-order valence-electron chi connectivity index (χ4n) is 1.84. The molecule has 108 valence electrons. The largest absolute Gasteiger partial charge is 0.488 e. The zero-order chi connectivity index (χ0) is 14.4. The average Bonchev–Trinajstić information content (AvgIpc) is 2.83. The molecule has 3 nitrogen and oxygen atoms in total. The number of hydrogen-bond acceptors (Lipinski definition) is 4. The molecule has 0 fully saturated rings. The van der Waals surface area contributed by atoms with Crippen LogP contribution in [0.4, 0.5) is 0 Å². The summed E-state index contributed by atoms with van der Waals surface area (Å²) in [7, 11) is 0. The van der Waals surface area contributed by atoms with E-state index in [4.69, 9.17) is 4.74 Å². The summed E-state index contributed by atoms with van der Waals surface area (Å²) >= 11 is 1.68. The van der Waals surface area contributed by atoms with E-state index in [9.17, 15) is 0 Å². The summed E-state index contributed by atoms with van der Waals surface area (Å²) < 4.78 is 5.75. The van der Waals surface area contributed by atoms with Crippen LogP contribution in [0.3, 0.4) is 0 Å². The van der Waals surface area contributed by atoms with Crippen LogP contribution in [0.1, 0.15) is 29.3 Å². The van der Waals surface area contributed by atoms with Crippen LogP contribution in [0.15, 0.2) is 30.5 Å². The maximum Gasteiger partial charge on any atom is 0.124 e. The molecule has 20 heavy (non-hydrogen) atoms. The summed E-state index contributed by atoms with van der Waals surface area (Å²) in [6.45, 7) is 8.98. The van der Waals surface area contributed by atoms with E-state index in [0.717, 1.165) is 28.7 Å². The lowest BCUT2D eigenvalue weighted by atomic mass is 10.2. The highest BCUT2D eigenvalue weighted by Gasteiger charge is 2.00. The van der Waals surface area contributed by atoms with E-state index in [1.807, 2.05) is 25.3 Å². The number of hydrogen-bond donors (Lipinski definition) is 1. The molecule has 4 heteroatoms. The first-order valence-electron chi connectivity index (χ1n) is 6.97. The average molecular weight is 290 g/mol. The molecule has 0 saturated heterocycles. The molecule has 2 aromatic rings. The van der Waals surface area contributed by atoms with Crippen LogP contribution in [-0.4, -0.2) is 11.5 Å². The van der Waals surface area contributed by atoms with Gasteiger partial charge in [-0.2, -0.15) is 0 Å². The molecule has 0 bridgehead atoms. The van der Waals surface area contributed by atoms with Gasteiger partial charge in [0.2, 0.25) is 0 Å². The summed E-state index contributed by atoms with van der Waals surface area (Å²) in [6, 6.07) is 8.28. The third kappa shape index (κ3) is 4.94. The number of rotatable bonds is 7. The molecule has 0 aliphatic rings. The van der Waals surface area contributed by atoms with Crippen molar-refractivity contribution in [3.8, 4) is 5.75 Å². The van der Waals surface area contributed by atoms with E-state index >= 15 is 0 Å². The molecule has 1 aromatic carbocycles. The normalized spacial score (nSPS) is 11.0. The van der Waals surface area contributed by atoms with Gasteiger partial charge in [-0.05, 0) is 37.1 Å². The Bertz CT molecular complexity index is 520. The minimum atomic E-state index is 0.594. The lowest BCUT2D eigenvalue weighted by molar-refractivity contribution is 0.309. The number of aromatic nitrogens is 1. The molecule has 1 aromatic heterocycles. The Morgan fingerprint density at radius 2 is 2.00 bits per heavy atom. The fourth-order valence-corrected chi connectivity index (χ4v) is 2.54. The van der Waals surface area contributed by atoms with Crippen molar-refractivity contribution in [1.82, 2.24) is 10.3 Å². The molecular weight excluding hydrogens is 268 g/mol. The third-order valence-electron chi connectivity index (χ3n) is 2.86. The second-order valence-electron chi connectivity index (χ2n) is 5.30. The number of aryl methyl sites for hydroxylation is 1. The van der Waals surface area contributed by atoms with Crippen molar-refractivity contribution in [1.29, 1.82) is 0 Å². The van der Waals surface area contributed by atoms with Crippen molar-refractivity contribution in [2.75, 3.05) is 6.54 Å². The highest BCUT2D eigenvalue weighted by Crippen LogP contribution is 2.17. The van der Waals surface area contributed by atoms with Crippen molar-refractivity contribution < 1.29 is 4.74 Å². The smallest absolute Gasteiger partial charge is 0.124 e. The molecule has 2 rings (SSSR count). The first kappa shape index (κ1) is 15.0. The Labute approximate surface area is 125 Å². The first-order chi connectivity index (χ1) is 9.63. The molecule has 0 radical (unpaired) electrons. The van der Waals surface area contributed by atoms with Gasteiger partial charge in [0, 0.05) is 12.7 Å². The fraction of sp³-hybridized carbons (Fsp3) is 0.438. The van der Waals surface area contributed by atoms with Gasteiger partial charge in [0.1, 0.15) is 12.4 Å². The summed E-state index contributed by atoms with van der Waals surface area (Å²) in [6.07, 6.45) is 1.88. The molecule has 0 amide bonds. The number of benzene rings is 1. The van der Waals surface area contributed by atoms with Crippen LogP contribution < -0.4 is 10.1 Å². The molecule has 0 unspecified atom stereocenters. The second-order valence-corrected chi connectivity index (χ2v) is 6.62. The lowest BCUT2D eigenvalue weighted by Crippen LogP contribution is -2.18. The van der Waals surface area contributed by atoms with Crippen LogP contribution in [-0.2, 0) is 13.2 Å². The van der Waals surface area contributed by atoms with Crippen LogP contribution in [0, 0.1) is 12.8 Å². The molecule has 0 spiro atoms. The number of thiazole rings is 1. The molecule has 1 N–H and O–H groups in total. The van der Waals surface area contributed by atoms with Gasteiger partial charge in [-0.15, -0.1) is 11.3 Å². The van der Waals surface area contributed by atoms with E-state index in [1.54, 1.807) is 11.3 Å². The summed E-state index contributed by atoms with van der Waals surface area (Å²) in [5.41, 5.74) is 1.28. The van der Waals surface area contributed by atoms with Crippen molar-refractivity contribution in [2.24, 2.45) is 5.92 Å². The van der Waals surface area contributed by atoms with Gasteiger partial charge in [-0.3, -0.25) is 0 Å². The molecule has 0 aliphatic heterocycles. The Kier molecular flexibility index (Phi) is 5.56. The second kappa shape index (κ2) is 7.41. The Morgan fingerprint density at radius 1 is 1.25 bits per heavy atom. The Hall–Kier alpha value is -1.39. The van der Waals surface area contributed by atoms with E-state index < -0.39 is 0 Å². The van der Waals surface area contributed by atoms with Crippen molar-refractivity contribution in [3.63, 3.8) is 0 Å². The summed E-state index contributed by atoms with van der Waals surface area (Å²) in [5, 5.41) is 4.51. The first-order valence-corrected chi connectivity index (χ1v) is 7.79. The van der Waals surface area contributed by atoms with E-state index in [-0.39, 0.29) is 0 Å². The predicted molar refractivity (Wildman–Crippen MR) is 84.2 cm³/mol. The Balaban J connectivity index is 1.79. The maximum atomic E-state index is 5.75. The minimum absolute atomic E-state index is 0.594. The third-order valence-corrected chi connectivity index (χ3v) is 3.74. The van der Waals surface area contributed by atoms with Gasteiger partial charge in [-0.25, -0.2) is 4.98 Å². The number of ether oxygens (including phenoxy) is 1. The van der Waals surface area contributed by atoms with Crippen molar-refractivity contribution in [2.45, 2.75) is 33.9 Å². The minimum Gasteiger partial charge on any atom is -0.488 e. The van der Waals surface area contributed by atoms with Crippen molar-refractivity contribution in [3.05, 3.63) is 45.9 Å². The summed E-state index contributed by atoms with van der Waals surface area (Å²) in [5.74, 6) is 1.59. The van der Waals surface area contributed by atoms with Gasteiger partial charge in [-0.1, -0.05) is 26.0 Å². The number of nitrogens with zero attached hydrogens (tertiary/aromatic N) is 1. The standard InChI is InChI=1S/C16H22N2OS/c1-12(2)8-17-9-14-4-6-15(7-5-14)19-11-16-10-18-13(3)20-16/h4-7,10,12,17H,8-9,11H2,1-3H3. The summed E-state index contributed by atoms with van der Waals surface area (Å²) in [4.78, 5) is 5.38. The van der Waals surface area contributed by atoms with Crippen LogP contribution in [0.2, 0.25) is 0 Å². The molecule has 1 heterocycles. The zero-order valence-electron chi connectivity index (χ0n) is 12.3. The van der Waals surface area contributed by atoms with E-state index in [0.29, 0.717) is 12.5 Å². The lowest BCUT2D eigenvalue weighted by Gasteiger charge is -2.08. The maximum absolute atomic E-state index is 5.75. The van der Waals surface area contributed by atoms with Crippen LogP contribution in [0.25, 0.3) is 0 Å². The highest BCUT2D eigenvalue weighted by atomic mass is 32.1. The molecular formula is C16H22N2OS. The SMILES string of the molecule is Cc1ncc(COc2ccc(CNCC(C)C)cc2)s1. The van der Waals surface area contributed by atoms with Gasteiger partial charge >= 0.3 is 0 Å².